The highest BCUT2D eigenvalue weighted by molar-refractivity contribution is 5.96. The predicted molar refractivity (Wildman–Crippen MR) is 126 cm³/mol. The maximum Gasteiger partial charge on any atom is 0.289 e. The second-order valence-corrected chi connectivity index (χ2v) is 8.27. The lowest BCUT2D eigenvalue weighted by Gasteiger charge is -2.35. The lowest BCUT2D eigenvalue weighted by atomic mass is 10.0. The number of H-pyrrole nitrogens is 1. The molecule has 2 aromatic carbocycles. The molecule has 8 nitrogen and oxygen atoms in total. The molecule has 0 atom stereocenters. The van der Waals surface area contributed by atoms with Gasteiger partial charge in [0.25, 0.3) is 5.91 Å². The lowest BCUT2D eigenvalue weighted by molar-refractivity contribution is 0.0717. The number of benzene rings is 2. The fourth-order valence-corrected chi connectivity index (χ4v) is 4.47. The Kier molecular flexibility index (Phi) is 4.57. The number of fused-ring (bicyclic) bond motifs is 2. The van der Waals surface area contributed by atoms with E-state index in [1.807, 2.05) is 54.4 Å². The maximum atomic E-state index is 13.0. The van der Waals surface area contributed by atoms with E-state index in [1.165, 1.54) is 0 Å². The number of aromatic amines is 1. The molecule has 1 saturated heterocycles. The molecule has 4 heterocycles. The molecule has 1 aliphatic rings. The summed E-state index contributed by atoms with van der Waals surface area (Å²) >= 11 is 0. The molecule has 0 bridgehead atoms. The van der Waals surface area contributed by atoms with Crippen LogP contribution < -0.4 is 4.90 Å². The third kappa shape index (κ3) is 3.40. The number of aromatic nitrogens is 4. The number of hydrogen-bond acceptors (Lipinski definition) is 6. The van der Waals surface area contributed by atoms with E-state index >= 15 is 0 Å². The van der Waals surface area contributed by atoms with E-state index in [0.717, 1.165) is 44.5 Å². The van der Waals surface area contributed by atoms with Gasteiger partial charge in [0.1, 0.15) is 17.7 Å². The summed E-state index contributed by atoms with van der Waals surface area (Å²) in [5.41, 5.74) is 4.78. The summed E-state index contributed by atoms with van der Waals surface area (Å²) in [6.07, 6.45) is 3.44. The van der Waals surface area contributed by atoms with Gasteiger partial charge in [0, 0.05) is 48.2 Å². The molecule has 0 unspecified atom stereocenters. The molecule has 164 valence electrons. The molecule has 3 aromatic heterocycles. The molecule has 0 radical (unpaired) electrons. The number of aryl methyl sites for hydroxylation is 1. The number of rotatable bonds is 3. The first-order chi connectivity index (χ1) is 16.2. The van der Waals surface area contributed by atoms with Gasteiger partial charge in [-0.1, -0.05) is 24.3 Å². The van der Waals surface area contributed by atoms with Crippen molar-refractivity contribution in [2.24, 2.45) is 0 Å². The zero-order chi connectivity index (χ0) is 22.4. The summed E-state index contributed by atoms with van der Waals surface area (Å²) in [7, 11) is 0. The molecular weight excluding hydrogens is 416 g/mol. The minimum Gasteiger partial charge on any atom is -0.451 e. The first-order valence-corrected chi connectivity index (χ1v) is 11.0. The molecule has 0 spiro atoms. The molecule has 1 amide bonds. The minimum atomic E-state index is -0.0730. The number of carbonyl (C=O) groups is 1. The van der Waals surface area contributed by atoms with Gasteiger partial charge in [-0.25, -0.2) is 9.97 Å². The predicted octanol–water partition coefficient (Wildman–Crippen LogP) is 4.04. The number of anilines is 1. The third-order valence-corrected chi connectivity index (χ3v) is 6.26. The second kappa shape index (κ2) is 7.74. The van der Waals surface area contributed by atoms with Gasteiger partial charge in [-0.05, 0) is 36.8 Å². The largest absolute Gasteiger partial charge is 0.451 e. The van der Waals surface area contributed by atoms with Crippen molar-refractivity contribution in [3.63, 3.8) is 0 Å². The topological polar surface area (TPSA) is 91.2 Å². The van der Waals surface area contributed by atoms with E-state index in [1.54, 1.807) is 6.33 Å². The molecule has 1 fully saturated rings. The fourth-order valence-electron chi connectivity index (χ4n) is 4.47. The van der Waals surface area contributed by atoms with Crippen LogP contribution in [0.15, 0.2) is 65.5 Å². The van der Waals surface area contributed by atoms with E-state index < -0.39 is 0 Å². The van der Waals surface area contributed by atoms with Crippen molar-refractivity contribution in [3.8, 4) is 11.1 Å². The van der Waals surface area contributed by atoms with Gasteiger partial charge >= 0.3 is 0 Å². The van der Waals surface area contributed by atoms with Crippen LogP contribution in [0.25, 0.3) is 33.0 Å². The zero-order valence-electron chi connectivity index (χ0n) is 18.2. The van der Waals surface area contributed by atoms with Gasteiger partial charge in [0.15, 0.2) is 5.76 Å². The van der Waals surface area contributed by atoms with Gasteiger partial charge in [0.2, 0.25) is 0 Å². The minimum absolute atomic E-state index is 0.0730. The van der Waals surface area contributed by atoms with Crippen LogP contribution in [0.1, 0.15) is 16.2 Å². The Morgan fingerprint density at radius 2 is 1.88 bits per heavy atom. The van der Waals surface area contributed by atoms with E-state index in [4.69, 9.17) is 4.42 Å². The Bertz CT molecular complexity index is 1450. The Morgan fingerprint density at radius 3 is 2.67 bits per heavy atom. The number of para-hydroxylation sites is 1. The first kappa shape index (κ1) is 19.5. The number of amides is 1. The van der Waals surface area contributed by atoms with Gasteiger partial charge < -0.3 is 14.2 Å². The zero-order valence-corrected chi connectivity index (χ0v) is 18.2. The van der Waals surface area contributed by atoms with Crippen LogP contribution in [0, 0.1) is 6.92 Å². The number of piperazine rings is 1. The standard InChI is InChI=1S/C25H22N6O2/c1-16-20(14-28-29-16)17-6-7-21-19(12-17)24(27-15-26-21)30-8-10-31(11-9-30)25(32)23-13-18-4-2-3-5-22(18)33-23/h2-7,12-15H,8-11H2,1H3,(H,28,29). The van der Waals surface area contributed by atoms with E-state index in [0.29, 0.717) is 31.9 Å². The van der Waals surface area contributed by atoms with Crippen molar-refractivity contribution in [3.05, 3.63) is 72.5 Å². The van der Waals surface area contributed by atoms with Crippen LogP contribution in [-0.2, 0) is 0 Å². The normalized spacial score (nSPS) is 14.3. The van der Waals surface area contributed by atoms with E-state index in [2.05, 4.69) is 37.2 Å². The van der Waals surface area contributed by atoms with Gasteiger partial charge in [-0.15, -0.1) is 0 Å². The van der Waals surface area contributed by atoms with Gasteiger partial charge in [0.05, 0.1) is 11.7 Å². The highest BCUT2D eigenvalue weighted by Gasteiger charge is 2.26. The molecule has 1 aliphatic heterocycles. The molecule has 0 saturated carbocycles. The van der Waals surface area contributed by atoms with Gasteiger partial charge in [-0.2, -0.15) is 5.10 Å². The van der Waals surface area contributed by atoms with Crippen molar-refractivity contribution in [2.45, 2.75) is 6.92 Å². The highest BCUT2D eigenvalue weighted by atomic mass is 16.3. The van der Waals surface area contributed by atoms with E-state index in [-0.39, 0.29) is 5.91 Å². The smallest absolute Gasteiger partial charge is 0.289 e. The average molecular weight is 438 g/mol. The Balaban J connectivity index is 1.24. The average Bonchev–Trinajstić information content (AvgIpc) is 3.49. The van der Waals surface area contributed by atoms with Crippen molar-refractivity contribution in [1.82, 2.24) is 25.1 Å². The SMILES string of the molecule is Cc1[nH]ncc1-c1ccc2ncnc(N3CCN(C(=O)c4cc5ccccc5o4)CC3)c2c1. The van der Waals surface area contributed by atoms with Crippen LogP contribution in [-0.4, -0.2) is 57.2 Å². The molecule has 8 heteroatoms. The second-order valence-electron chi connectivity index (χ2n) is 8.27. The summed E-state index contributed by atoms with van der Waals surface area (Å²) in [5, 5.41) is 9.07. The van der Waals surface area contributed by atoms with Crippen LogP contribution >= 0.6 is 0 Å². The number of nitrogens with zero attached hydrogens (tertiary/aromatic N) is 5. The summed E-state index contributed by atoms with van der Waals surface area (Å²) < 4.78 is 5.78. The quantitative estimate of drug-likeness (QED) is 0.457. The number of carbonyl (C=O) groups excluding carboxylic acids is 1. The molecule has 5 aromatic rings. The first-order valence-electron chi connectivity index (χ1n) is 11.0. The Morgan fingerprint density at radius 1 is 1.03 bits per heavy atom. The van der Waals surface area contributed by atoms with Gasteiger partial charge in [-0.3, -0.25) is 9.89 Å². The Labute approximate surface area is 189 Å². The summed E-state index contributed by atoms with van der Waals surface area (Å²) in [5.74, 6) is 1.20. The lowest BCUT2D eigenvalue weighted by Crippen LogP contribution is -2.49. The molecule has 6 rings (SSSR count). The molecular formula is C25H22N6O2. The van der Waals surface area contributed by atoms with Crippen LogP contribution in [0.4, 0.5) is 5.82 Å². The Hall–Kier alpha value is -4.20. The van der Waals surface area contributed by atoms with Crippen molar-refractivity contribution in [1.29, 1.82) is 0 Å². The molecule has 0 aliphatic carbocycles. The highest BCUT2D eigenvalue weighted by Crippen LogP contribution is 2.30. The maximum absolute atomic E-state index is 13.0. The van der Waals surface area contributed by atoms with Crippen LogP contribution in [0.2, 0.25) is 0 Å². The molecule has 1 N–H and O–H groups in total. The number of hydrogen-bond donors (Lipinski definition) is 1. The summed E-state index contributed by atoms with van der Waals surface area (Å²) in [6.45, 7) is 4.58. The number of nitrogens with one attached hydrogen (secondary N) is 1. The molecule has 33 heavy (non-hydrogen) atoms. The van der Waals surface area contributed by atoms with Crippen molar-refractivity contribution in [2.75, 3.05) is 31.1 Å². The summed E-state index contributed by atoms with van der Waals surface area (Å²) in [6, 6.07) is 15.7. The van der Waals surface area contributed by atoms with Crippen molar-refractivity contribution < 1.29 is 9.21 Å². The third-order valence-electron chi connectivity index (χ3n) is 6.26. The van der Waals surface area contributed by atoms with Crippen LogP contribution in [0.5, 0.6) is 0 Å². The van der Waals surface area contributed by atoms with Crippen LogP contribution in [0.3, 0.4) is 0 Å². The number of furan rings is 1. The van der Waals surface area contributed by atoms with Crippen molar-refractivity contribution >= 4 is 33.6 Å². The van der Waals surface area contributed by atoms with E-state index in [9.17, 15) is 4.79 Å². The monoisotopic (exact) mass is 438 g/mol. The fraction of sp³-hybridized carbons (Fsp3) is 0.200. The summed E-state index contributed by atoms with van der Waals surface area (Å²) in [4.78, 5) is 26.1.